The lowest BCUT2D eigenvalue weighted by atomic mass is 9.91. The van der Waals surface area contributed by atoms with Gasteiger partial charge in [-0.15, -0.1) is 0 Å². The standard InChI is InChI=1S/C29H31FN2O4/c30-23-15-13-22(14-16-23)26(33)12-7-17-32-25(19-21-10-5-2-6-11-21)28(35)27(34)24(31-29(32)36)18-20-8-3-1-4-9-20/h1-6,8-11,13-16,24-25,27-28,34-35H,7,12,17-19H2,(H,31,36)/t24-,25?,27?,28?/m1/s1. The Balaban J connectivity index is 1.51. The van der Waals surface area contributed by atoms with Crippen LogP contribution in [-0.4, -0.2) is 57.8 Å². The predicted molar refractivity (Wildman–Crippen MR) is 135 cm³/mol. The number of urea groups is 1. The molecule has 1 fully saturated rings. The maximum atomic E-state index is 13.4. The van der Waals surface area contributed by atoms with E-state index in [1.54, 1.807) is 0 Å². The minimum atomic E-state index is -1.19. The van der Waals surface area contributed by atoms with Gasteiger partial charge in [0.1, 0.15) is 18.0 Å². The van der Waals surface area contributed by atoms with E-state index in [0.717, 1.165) is 11.1 Å². The van der Waals surface area contributed by atoms with Crippen LogP contribution >= 0.6 is 0 Å². The SMILES string of the molecule is O=C(CCCN1C(=O)N[C@H](Cc2ccccc2)C(O)C(O)C1Cc1ccccc1)c1ccc(F)cc1. The molecule has 0 spiro atoms. The topological polar surface area (TPSA) is 89.9 Å². The fourth-order valence-electron chi connectivity index (χ4n) is 4.71. The number of nitrogens with one attached hydrogen (secondary N) is 1. The molecule has 3 unspecified atom stereocenters. The van der Waals surface area contributed by atoms with E-state index < -0.39 is 30.1 Å². The number of nitrogens with zero attached hydrogens (tertiary/aromatic N) is 1. The molecule has 0 aromatic heterocycles. The van der Waals surface area contributed by atoms with Crippen LogP contribution in [-0.2, 0) is 12.8 Å². The summed E-state index contributed by atoms with van der Waals surface area (Å²) >= 11 is 0. The maximum absolute atomic E-state index is 13.4. The van der Waals surface area contributed by atoms with E-state index in [4.69, 9.17) is 0 Å². The van der Waals surface area contributed by atoms with Crippen LogP contribution in [0, 0.1) is 5.82 Å². The Kier molecular flexibility index (Phi) is 8.46. The number of benzene rings is 3. The van der Waals surface area contributed by atoms with Gasteiger partial charge in [0.2, 0.25) is 0 Å². The first-order chi connectivity index (χ1) is 17.4. The number of halogens is 1. The summed E-state index contributed by atoms with van der Waals surface area (Å²) in [5.74, 6) is -0.554. The summed E-state index contributed by atoms with van der Waals surface area (Å²) in [6.07, 6.45) is -1.10. The molecule has 36 heavy (non-hydrogen) atoms. The van der Waals surface area contributed by atoms with Crippen molar-refractivity contribution in [3.8, 4) is 0 Å². The zero-order chi connectivity index (χ0) is 25.5. The molecule has 0 aliphatic carbocycles. The van der Waals surface area contributed by atoms with Gasteiger partial charge >= 0.3 is 6.03 Å². The van der Waals surface area contributed by atoms with Crippen LogP contribution in [0.25, 0.3) is 0 Å². The van der Waals surface area contributed by atoms with Gasteiger partial charge in [0, 0.05) is 18.5 Å². The van der Waals surface area contributed by atoms with Gasteiger partial charge in [0.25, 0.3) is 0 Å². The monoisotopic (exact) mass is 490 g/mol. The second kappa shape index (κ2) is 11.9. The molecule has 188 valence electrons. The van der Waals surface area contributed by atoms with Crippen LogP contribution < -0.4 is 5.32 Å². The molecule has 1 aliphatic rings. The van der Waals surface area contributed by atoms with E-state index in [-0.39, 0.29) is 24.8 Å². The van der Waals surface area contributed by atoms with Gasteiger partial charge < -0.3 is 20.4 Å². The van der Waals surface area contributed by atoms with Gasteiger partial charge in [-0.25, -0.2) is 9.18 Å². The molecule has 6 nitrogen and oxygen atoms in total. The van der Waals surface area contributed by atoms with Crippen molar-refractivity contribution in [3.05, 3.63) is 107 Å². The molecule has 3 aromatic carbocycles. The largest absolute Gasteiger partial charge is 0.388 e. The summed E-state index contributed by atoms with van der Waals surface area (Å²) in [7, 11) is 0. The Morgan fingerprint density at radius 1 is 0.833 bits per heavy atom. The lowest BCUT2D eigenvalue weighted by Gasteiger charge is -2.33. The van der Waals surface area contributed by atoms with Crippen molar-refractivity contribution >= 4 is 11.8 Å². The highest BCUT2D eigenvalue weighted by molar-refractivity contribution is 5.96. The van der Waals surface area contributed by atoms with Crippen LogP contribution in [0.4, 0.5) is 9.18 Å². The van der Waals surface area contributed by atoms with Crippen molar-refractivity contribution in [3.63, 3.8) is 0 Å². The van der Waals surface area contributed by atoms with Gasteiger partial charge in [-0.1, -0.05) is 60.7 Å². The Labute approximate surface area is 210 Å². The van der Waals surface area contributed by atoms with E-state index in [0.29, 0.717) is 24.8 Å². The summed E-state index contributed by atoms with van der Waals surface area (Å²) in [6.45, 7) is 0.220. The third-order valence-electron chi connectivity index (χ3n) is 6.68. The van der Waals surface area contributed by atoms with Crippen molar-refractivity contribution in [2.45, 2.75) is 50.0 Å². The van der Waals surface area contributed by atoms with Crippen LogP contribution in [0.15, 0.2) is 84.9 Å². The molecule has 0 radical (unpaired) electrons. The van der Waals surface area contributed by atoms with Crippen molar-refractivity contribution in [1.82, 2.24) is 10.2 Å². The van der Waals surface area contributed by atoms with E-state index in [9.17, 15) is 24.2 Å². The van der Waals surface area contributed by atoms with Crippen molar-refractivity contribution in [2.75, 3.05) is 6.54 Å². The molecule has 0 saturated carbocycles. The molecule has 1 saturated heterocycles. The molecule has 3 N–H and O–H groups in total. The molecule has 1 aliphatic heterocycles. The average Bonchev–Trinajstić information content (AvgIpc) is 2.97. The van der Waals surface area contributed by atoms with Crippen molar-refractivity contribution in [1.29, 1.82) is 0 Å². The molecule has 1 heterocycles. The highest BCUT2D eigenvalue weighted by Crippen LogP contribution is 2.23. The number of hydrogen-bond acceptors (Lipinski definition) is 4. The Morgan fingerprint density at radius 3 is 2.03 bits per heavy atom. The summed E-state index contributed by atoms with van der Waals surface area (Å²) in [4.78, 5) is 27.4. The number of aliphatic hydroxyl groups excluding tert-OH is 2. The smallest absolute Gasteiger partial charge is 0.318 e. The van der Waals surface area contributed by atoms with Gasteiger partial charge in [0.05, 0.1) is 12.1 Å². The number of carbonyl (C=O) groups is 2. The Bertz CT molecular complexity index is 1140. The molecule has 4 rings (SSSR count). The van der Waals surface area contributed by atoms with Gasteiger partial charge in [-0.05, 0) is 54.7 Å². The first-order valence-corrected chi connectivity index (χ1v) is 12.2. The zero-order valence-corrected chi connectivity index (χ0v) is 20.0. The molecule has 2 amide bonds. The highest BCUT2D eigenvalue weighted by Gasteiger charge is 2.42. The Morgan fingerprint density at radius 2 is 1.42 bits per heavy atom. The van der Waals surface area contributed by atoms with E-state index in [2.05, 4.69) is 5.32 Å². The number of ketones is 1. The number of rotatable bonds is 9. The minimum absolute atomic E-state index is 0.146. The molecule has 4 atom stereocenters. The number of aliphatic hydroxyl groups is 2. The van der Waals surface area contributed by atoms with E-state index in [1.807, 2.05) is 60.7 Å². The third-order valence-corrected chi connectivity index (χ3v) is 6.68. The first kappa shape index (κ1) is 25.5. The third kappa shape index (κ3) is 6.36. The molecule has 0 bridgehead atoms. The summed E-state index contributed by atoms with van der Waals surface area (Å²) in [5, 5.41) is 25.2. The van der Waals surface area contributed by atoms with Crippen LogP contribution in [0.3, 0.4) is 0 Å². The zero-order valence-electron chi connectivity index (χ0n) is 20.0. The van der Waals surface area contributed by atoms with E-state index >= 15 is 0 Å². The summed E-state index contributed by atoms with van der Waals surface area (Å²) in [5.41, 5.74) is 2.28. The lowest BCUT2D eigenvalue weighted by molar-refractivity contribution is -0.0296. The van der Waals surface area contributed by atoms with Crippen LogP contribution in [0.2, 0.25) is 0 Å². The molecule has 7 heteroatoms. The van der Waals surface area contributed by atoms with E-state index in [1.165, 1.54) is 29.2 Å². The van der Waals surface area contributed by atoms with Crippen molar-refractivity contribution < 1.29 is 24.2 Å². The Hall–Kier alpha value is -3.55. The van der Waals surface area contributed by atoms with Gasteiger partial charge in [-0.3, -0.25) is 4.79 Å². The number of carbonyl (C=O) groups excluding carboxylic acids is 2. The lowest BCUT2D eigenvalue weighted by Crippen LogP contribution is -2.51. The average molecular weight is 491 g/mol. The van der Waals surface area contributed by atoms with Crippen LogP contribution in [0.1, 0.15) is 34.3 Å². The van der Waals surface area contributed by atoms with Crippen molar-refractivity contribution in [2.24, 2.45) is 0 Å². The van der Waals surface area contributed by atoms with Gasteiger partial charge in [0.15, 0.2) is 5.78 Å². The maximum Gasteiger partial charge on any atom is 0.318 e. The summed E-state index contributed by atoms with van der Waals surface area (Å²) < 4.78 is 13.2. The second-order valence-corrected chi connectivity index (χ2v) is 9.21. The predicted octanol–water partition coefficient (Wildman–Crippen LogP) is 3.76. The quantitative estimate of drug-likeness (QED) is 0.399. The molecular formula is C29H31FN2O4. The normalized spacial score (nSPS) is 22.1. The van der Waals surface area contributed by atoms with Gasteiger partial charge in [-0.2, -0.15) is 0 Å². The number of hydrogen-bond donors (Lipinski definition) is 3. The molecular weight excluding hydrogens is 459 g/mol. The first-order valence-electron chi connectivity index (χ1n) is 12.2. The second-order valence-electron chi connectivity index (χ2n) is 9.21. The van der Waals surface area contributed by atoms with Crippen LogP contribution in [0.5, 0.6) is 0 Å². The number of Topliss-reactive ketones (excluding diaryl/α,β-unsaturated/α-hetero) is 1. The summed E-state index contributed by atoms with van der Waals surface area (Å²) in [6, 6.07) is 22.7. The number of amides is 2. The fourth-order valence-corrected chi connectivity index (χ4v) is 4.71. The highest BCUT2D eigenvalue weighted by atomic mass is 19.1. The fraction of sp³-hybridized carbons (Fsp3) is 0.310. The minimum Gasteiger partial charge on any atom is -0.388 e. The molecule has 3 aromatic rings.